The summed E-state index contributed by atoms with van der Waals surface area (Å²) in [5.74, 6) is -0.660. The highest BCUT2D eigenvalue weighted by Gasteiger charge is 2.24. The van der Waals surface area contributed by atoms with Crippen molar-refractivity contribution in [2.75, 3.05) is 13.7 Å². The number of benzene rings is 1. The van der Waals surface area contributed by atoms with Crippen LogP contribution in [0.25, 0.3) is 0 Å². The summed E-state index contributed by atoms with van der Waals surface area (Å²) in [6, 6.07) is 9.15. The maximum absolute atomic E-state index is 11.8. The lowest BCUT2D eigenvalue weighted by Crippen LogP contribution is -2.29. The fourth-order valence-electron chi connectivity index (χ4n) is 1.49. The molecule has 1 aromatic carbocycles. The smallest absolute Gasteiger partial charge is 0.458 e. The molecule has 0 saturated heterocycles. The number of aliphatic hydroxyl groups excluding tert-OH is 1. The number of carbonyl (C=O) groups excluding carboxylic acids is 2. The lowest BCUT2D eigenvalue weighted by atomic mass is 10.2. The number of rotatable bonds is 7. The average molecular weight is 282 g/mol. The third kappa shape index (κ3) is 5.71. The van der Waals surface area contributed by atoms with Gasteiger partial charge in [0.1, 0.15) is 6.61 Å². The summed E-state index contributed by atoms with van der Waals surface area (Å²) >= 11 is 0. The van der Waals surface area contributed by atoms with Crippen LogP contribution in [0.3, 0.4) is 0 Å². The Balaban J connectivity index is 2.51. The summed E-state index contributed by atoms with van der Waals surface area (Å²) in [4.78, 5) is 22.9. The SMILES string of the molecule is COC(=O)O[C@@H](CCCO)C(=O)OCc1ccccc1. The standard InChI is InChI=1S/C14H18O6/c1-18-14(17)20-12(8-5-9-15)13(16)19-10-11-6-3-2-4-7-11/h2-4,6-7,12,15H,5,8-10H2,1H3/t12-/m0/s1. The molecule has 1 aromatic rings. The fraction of sp³-hybridized carbons (Fsp3) is 0.429. The summed E-state index contributed by atoms with van der Waals surface area (Å²) in [6.45, 7) is -0.00711. The van der Waals surface area contributed by atoms with Gasteiger partial charge < -0.3 is 19.3 Å². The molecule has 1 rings (SSSR count). The van der Waals surface area contributed by atoms with Gasteiger partial charge in [0.2, 0.25) is 6.10 Å². The summed E-state index contributed by atoms with van der Waals surface area (Å²) in [6.07, 6.45) is -1.52. The van der Waals surface area contributed by atoms with Gasteiger partial charge in [0, 0.05) is 6.61 Å². The number of carbonyl (C=O) groups is 2. The van der Waals surface area contributed by atoms with Crippen LogP contribution in [0.4, 0.5) is 4.79 Å². The van der Waals surface area contributed by atoms with Crippen LogP contribution < -0.4 is 0 Å². The topological polar surface area (TPSA) is 82.1 Å². The van der Waals surface area contributed by atoms with E-state index in [0.717, 1.165) is 12.7 Å². The first-order valence-electron chi connectivity index (χ1n) is 6.23. The number of aliphatic hydroxyl groups is 1. The van der Waals surface area contributed by atoms with Gasteiger partial charge in [0.25, 0.3) is 0 Å². The van der Waals surface area contributed by atoms with Crippen LogP contribution in [0.5, 0.6) is 0 Å². The number of hydrogen-bond donors (Lipinski definition) is 1. The lowest BCUT2D eigenvalue weighted by molar-refractivity contribution is -0.156. The lowest BCUT2D eigenvalue weighted by Gasteiger charge is -2.15. The average Bonchev–Trinajstić information content (AvgIpc) is 2.49. The molecule has 110 valence electrons. The second-order valence-corrected chi connectivity index (χ2v) is 4.02. The van der Waals surface area contributed by atoms with Crippen molar-refractivity contribution in [1.29, 1.82) is 0 Å². The van der Waals surface area contributed by atoms with E-state index < -0.39 is 18.2 Å². The fourth-order valence-corrected chi connectivity index (χ4v) is 1.49. The van der Waals surface area contributed by atoms with E-state index in [9.17, 15) is 9.59 Å². The van der Waals surface area contributed by atoms with E-state index in [1.807, 2.05) is 30.3 Å². The van der Waals surface area contributed by atoms with E-state index in [1.165, 1.54) is 0 Å². The molecule has 0 spiro atoms. The number of ether oxygens (including phenoxy) is 3. The Morgan fingerprint density at radius 3 is 2.55 bits per heavy atom. The minimum absolute atomic E-state index is 0.0971. The minimum Gasteiger partial charge on any atom is -0.458 e. The first-order chi connectivity index (χ1) is 9.67. The second kappa shape index (κ2) is 8.92. The van der Waals surface area contributed by atoms with E-state index in [2.05, 4.69) is 4.74 Å². The Hall–Kier alpha value is -2.08. The largest absolute Gasteiger partial charge is 0.508 e. The Morgan fingerprint density at radius 1 is 1.25 bits per heavy atom. The molecule has 0 aliphatic heterocycles. The third-order valence-electron chi connectivity index (χ3n) is 2.52. The molecule has 0 heterocycles. The van der Waals surface area contributed by atoms with Gasteiger partial charge in [-0.1, -0.05) is 30.3 Å². The van der Waals surface area contributed by atoms with Crippen LogP contribution in [0.15, 0.2) is 30.3 Å². The maximum Gasteiger partial charge on any atom is 0.508 e. The van der Waals surface area contributed by atoms with Crippen molar-refractivity contribution in [3.8, 4) is 0 Å². The normalized spacial score (nSPS) is 11.5. The molecule has 1 atom stereocenters. The van der Waals surface area contributed by atoms with Gasteiger partial charge in [0.05, 0.1) is 7.11 Å². The van der Waals surface area contributed by atoms with Crippen molar-refractivity contribution in [3.63, 3.8) is 0 Å². The zero-order valence-corrected chi connectivity index (χ0v) is 11.3. The first-order valence-corrected chi connectivity index (χ1v) is 6.23. The van der Waals surface area contributed by atoms with E-state index >= 15 is 0 Å². The molecule has 6 nitrogen and oxygen atoms in total. The molecule has 6 heteroatoms. The summed E-state index contributed by atoms with van der Waals surface area (Å²) < 4.78 is 14.2. The van der Waals surface area contributed by atoms with Crippen molar-refractivity contribution in [2.45, 2.75) is 25.6 Å². The number of esters is 1. The monoisotopic (exact) mass is 282 g/mol. The Labute approximate surface area is 117 Å². The Bertz CT molecular complexity index is 417. The molecule has 0 aromatic heterocycles. The van der Waals surface area contributed by atoms with Gasteiger partial charge in [-0.05, 0) is 18.4 Å². The summed E-state index contributed by atoms with van der Waals surface area (Å²) in [5, 5.41) is 8.77. The van der Waals surface area contributed by atoms with Crippen molar-refractivity contribution in [2.24, 2.45) is 0 Å². The van der Waals surface area contributed by atoms with Gasteiger partial charge in [-0.15, -0.1) is 0 Å². The highest BCUT2D eigenvalue weighted by molar-refractivity contribution is 5.77. The maximum atomic E-state index is 11.8. The molecule has 0 unspecified atom stereocenters. The molecule has 0 fully saturated rings. The molecule has 0 radical (unpaired) electrons. The predicted octanol–water partition coefficient (Wildman–Crippen LogP) is 1.65. The van der Waals surface area contributed by atoms with Gasteiger partial charge >= 0.3 is 12.1 Å². The molecule has 0 bridgehead atoms. The third-order valence-corrected chi connectivity index (χ3v) is 2.52. The van der Waals surface area contributed by atoms with Crippen molar-refractivity contribution in [3.05, 3.63) is 35.9 Å². The Morgan fingerprint density at radius 2 is 1.95 bits per heavy atom. The zero-order chi connectivity index (χ0) is 14.8. The highest BCUT2D eigenvalue weighted by atomic mass is 16.7. The van der Waals surface area contributed by atoms with Gasteiger partial charge in [0.15, 0.2) is 0 Å². The molecule has 20 heavy (non-hydrogen) atoms. The quantitative estimate of drug-likeness (QED) is 0.766. The van der Waals surface area contributed by atoms with Crippen LogP contribution in [0.2, 0.25) is 0 Å². The van der Waals surface area contributed by atoms with Crippen LogP contribution in [0, 0.1) is 0 Å². The highest BCUT2D eigenvalue weighted by Crippen LogP contribution is 2.09. The van der Waals surface area contributed by atoms with E-state index in [-0.39, 0.29) is 19.6 Å². The van der Waals surface area contributed by atoms with E-state index in [4.69, 9.17) is 14.6 Å². The van der Waals surface area contributed by atoms with Crippen molar-refractivity contribution < 1.29 is 28.9 Å². The molecule has 1 N–H and O–H groups in total. The van der Waals surface area contributed by atoms with Gasteiger partial charge in [-0.3, -0.25) is 0 Å². The molecule has 0 amide bonds. The first kappa shape index (κ1) is 16.0. The Kier molecular flexibility index (Phi) is 7.13. The van der Waals surface area contributed by atoms with Gasteiger partial charge in [-0.2, -0.15) is 0 Å². The van der Waals surface area contributed by atoms with Crippen molar-refractivity contribution in [1.82, 2.24) is 0 Å². The zero-order valence-electron chi connectivity index (χ0n) is 11.3. The molecule has 0 aliphatic carbocycles. The summed E-state index contributed by atoms with van der Waals surface area (Å²) in [5.41, 5.74) is 0.833. The molecule has 0 saturated carbocycles. The van der Waals surface area contributed by atoms with E-state index in [0.29, 0.717) is 6.42 Å². The van der Waals surface area contributed by atoms with Crippen LogP contribution in [-0.2, 0) is 25.6 Å². The van der Waals surface area contributed by atoms with E-state index in [1.54, 1.807) is 0 Å². The van der Waals surface area contributed by atoms with Gasteiger partial charge in [-0.25, -0.2) is 9.59 Å². The summed E-state index contributed by atoms with van der Waals surface area (Å²) in [7, 11) is 1.15. The molecular weight excluding hydrogens is 264 g/mol. The second-order valence-electron chi connectivity index (χ2n) is 4.02. The number of methoxy groups -OCH3 is 1. The number of hydrogen-bond acceptors (Lipinski definition) is 6. The van der Waals surface area contributed by atoms with Crippen LogP contribution in [-0.4, -0.2) is 37.1 Å². The predicted molar refractivity (Wildman–Crippen MR) is 69.8 cm³/mol. The van der Waals surface area contributed by atoms with Crippen LogP contribution in [0.1, 0.15) is 18.4 Å². The van der Waals surface area contributed by atoms with Crippen LogP contribution >= 0.6 is 0 Å². The molecular formula is C14H18O6. The molecule has 0 aliphatic rings. The minimum atomic E-state index is -1.07. The van der Waals surface area contributed by atoms with Crippen molar-refractivity contribution >= 4 is 12.1 Å².